The molecule has 0 spiro atoms. The third-order valence-corrected chi connectivity index (χ3v) is 1.88. The van der Waals surface area contributed by atoms with Crippen molar-refractivity contribution in [2.45, 2.75) is 27.7 Å². The first-order valence-corrected chi connectivity index (χ1v) is 4.52. The molecule has 0 aromatic rings. The third-order valence-electron chi connectivity index (χ3n) is 1.88. The molecule has 0 aromatic heterocycles. The van der Waals surface area contributed by atoms with Gasteiger partial charge >= 0.3 is 11.9 Å². The molecule has 0 aromatic carbocycles. The maximum atomic E-state index is 10.9. The standard InChI is InChI=1S/C11H16O4/c1-7(9(12)13)5-6-8(10(14)15)11(2,3)4/h5-6H,1-4H3,(H,12,13)(H,14,15)/b7-5+,8-6+. The Morgan fingerprint density at radius 3 is 1.73 bits per heavy atom. The van der Waals surface area contributed by atoms with Gasteiger partial charge in [0.25, 0.3) is 0 Å². The highest BCUT2D eigenvalue weighted by molar-refractivity contribution is 5.90. The molecule has 0 saturated carbocycles. The minimum Gasteiger partial charge on any atom is -0.478 e. The summed E-state index contributed by atoms with van der Waals surface area (Å²) in [5, 5.41) is 17.5. The summed E-state index contributed by atoms with van der Waals surface area (Å²) in [6.07, 6.45) is 2.64. The second-order valence-electron chi connectivity index (χ2n) is 4.29. The van der Waals surface area contributed by atoms with Crippen LogP contribution in [0.5, 0.6) is 0 Å². The number of allylic oxidation sites excluding steroid dienone is 2. The Bertz CT molecular complexity index is 329. The Morgan fingerprint density at radius 2 is 1.47 bits per heavy atom. The summed E-state index contributed by atoms with van der Waals surface area (Å²) in [5.74, 6) is -2.08. The second-order valence-corrected chi connectivity index (χ2v) is 4.29. The van der Waals surface area contributed by atoms with E-state index in [2.05, 4.69) is 0 Å². The summed E-state index contributed by atoms with van der Waals surface area (Å²) < 4.78 is 0. The average molecular weight is 212 g/mol. The van der Waals surface area contributed by atoms with Gasteiger partial charge in [-0.05, 0) is 12.3 Å². The largest absolute Gasteiger partial charge is 0.478 e. The Hall–Kier alpha value is -1.58. The van der Waals surface area contributed by atoms with E-state index in [0.717, 1.165) is 0 Å². The van der Waals surface area contributed by atoms with Crippen molar-refractivity contribution in [2.24, 2.45) is 5.41 Å². The van der Waals surface area contributed by atoms with Crippen molar-refractivity contribution >= 4 is 11.9 Å². The summed E-state index contributed by atoms with van der Waals surface area (Å²) in [7, 11) is 0. The highest BCUT2D eigenvalue weighted by Gasteiger charge is 2.22. The predicted octanol–water partition coefficient (Wildman–Crippen LogP) is 2.07. The first kappa shape index (κ1) is 13.4. The van der Waals surface area contributed by atoms with Crippen LogP contribution >= 0.6 is 0 Å². The van der Waals surface area contributed by atoms with Crippen LogP contribution in [-0.2, 0) is 9.59 Å². The molecule has 15 heavy (non-hydrogen) atoms. The van der Waals surface area contributed by atoms with Gasteiger partial charge in [0, 0.05) is 11.1 Å². The molecule has 0 rings (SSSR count). The number of carboxylic acids is 2. The number of aliphatic carboxylic acids is 2. The smallest absolute Gasteiger partial charge is 0.332 e. The minimum atomic E-state index is -1.05. The Balaban J connectivity index is 5.13. The van der Waals surface area contributed by atoms with E-state index in [1.807, 2.05) is 0 Å². The SMILES string of the molecule is C/C(=C\C=C(/C(=O)O)C(C)(C)C)C(=O)O. The number of carboxylic acid groups (broad SMARTS) is 2. The topological polar surface area (TPSA) is 74.6 Å². The van der Waals surface area contributed by atoms with Crippen LogP contribution in [0.4, 0.5) is 0 Å². The van der Waals surface area contributed by atoms with E-state index in [1.54, 1.807) is 20.8 Å². The van der Waals surface area contributed by atoms with E-state index in [4.69, 9.17) is 10.2 Å². The monoisotopic (exact) mass is 212 g/mol. The minimum absolute atomic E-state index is 0.109. The maximum Gasteiger partial charge on any atom is 0.332 e. The molecule has 0 bridgehead atoms. The maximum absolute atomic E-state index is 10.9. The Labute approximate surface area is 88.9 Å². The van der Waals surface area contributed by atoms with Crippen LogP contribution in [-0.4, -0.2) is 22.2 Å². The Kier molecular flexibility index (Phi) is 4.27. The van der Waals surface area contributed by atoms with Gasteiger partial charge in [-0.2, -0.15) is 0 Å². The first-order chi connectivity index (χ1) is 6.66. The lowest BCUT2D eigenvalue weighted by Crippen LogP contribution is -2.17. The van der Waals surface area contributed by atoms with Crippen LogP contribution in [0.1, 0.15) is 27.7 Å². The zero-order valence-electron chi connectivity index (χ0n) is 9.37. The fourth-order valence-corrected chi connectivity index (χ4v) is 0.922. The van der Waals surface area contributed by atoms with Crippen LogP contribution < -0.4 is 0 Å². The highest BCUT2D eigenvalue weighted by Crippen LogP contribution is 2.25. The second kappa shape index (κ2) is 4.77. The molecule has 0 aliphatic carbocycles. The van der Waals surface area contributed by atoms with Crippen LogP contribution in [0, 0.1) is 5.41 Å². The molecule has 0 radical (unpaired) electrons. The number of hydrogen-bond donors (Lipinski definition) is 2. The van der Waals surface area contributed by atoms with Gasteiger partial charge in [-0.3, -0.25) is 0 Å². The molecule has 0 heterocycles. The molecule has 0 aliphatic heterocycles. The Morgan fingerprint density at radius 1 is 1.00 bits per heavy atom. The summed E-state index contributed by atoms with van der Waals surface area (Å²) in [4.78, 5) is 21.4. The molecule has 84 valence electrons. The van der Waals surface area contributed by atoms with Crippen molar-refractivity contribution in [3.05, 3.63) is 23.3 Å². The summed E-state index contributed by atoms with van der Waals surface area (Å²) in [6, 6.07) is 0. The van der Waals surface area contributed by atoms with Crippen molar-refractivity contribution in [3.63, 3.8) is 0 Å². The lowest BCUT2D eigenvalue weighted by molar-refractivity contribution is -0.134. The molecule has 0 amide bonds. The lowest BCUT2D eigenvalue weighted by Gasteiger charge is -2.18. The van der Waals surface area contributed by atoms with Crippen molar-refractivity contribution in [1.29, 1.82) is 0 Å². The number of rotatable bonds is 3. The molecule has 0 aliphatic rings. The van der Waals surface area contributed by atoms with Crippen LogP contribution in [0.15, 0.2) is 23.3 Å². The zero-order chi connectivity index (χ0) is 12.2. The number of carbonyl (C=O) groups is 2. The number of hydrogen-bond acceptors (Lipinski definition) is 2. The van der Waals surface area contributed by atoms with Crippen LogP contribution in [0.2, 0.25) is 0 Å². The van der Waals surface area contributed by atoms with Gasteiger partial charge in [0.15, 0.2) is 0 Å². The molecule has 4 heteroatoms. The van der Waals surface area contributed by atoms with E-state index in [9.17, 15) is 9.59 Å². The molecule has 0 saturated heterocycles. The van der Waals surface area contributed by atoms with Crippen molar-refractivity contribution in [3.8, 4) is 0 Å². The van der Waals surface area contributed by atoms with Gasteiger partial charge in [-0.25, -0.2) is 9.59 Å². The van der Waals surface area contributed by atoms with Crippen LogP contribution in [0.3, 0.4) is 0 Å². The van der Waals surface area contributed by atoms with E-state index in [0.29, 0.717) is 0 Å². The van der Waals surface area contributed by atoms with Gasteiger partial charge in [-0.1, -0.05) is 32.9 Å². The molecular formula is C11H16O4. The summed E-state index contributed by atoms with van der Waals surface area (Å²) in [5.41, 5.74) is -0.220. The molecule has 0 fully saturated rings. The van der Waals surface area contributed by atoms with E-state index >= 15 is 0 Å². The lowest BCUT2D eigenvalue weighted by atomic mass is 9.86. The van der Waals surface area contributed by atoms with Crippen molar-refractivity contribution < 1.29 is 19.8 Å². The predicted molar refractivity (Wildman–Crippen MR) is 56.6 cm³/mol. The fraction of sp³-hybridized carbons (Fsp3) is 0.455. The van der Waals surface area contributed by atoms with Crippen LogP contribution in [0.25, 0.3) is 0 Å². The fourth-order valence-electron chi connectivity index (χ4n) is 0.922. The normalized spacial score (nSPS) is 13.9. The average Bonchev–Trinajstić information content (AvgIpc) is 2.00. The van der Waals surface area contributed by atoms with Gasteiger partial charge in [0.05, 0.1) is 0 Å². The molecular weight excluding hydrogens is 196 g/mol. The van der Waals surface area contributed by atoms with E-state index < -0.39 is 17.4 Å². The quantitative estimate of drug-likeness (QED) is 0.554. The molecule has 4 nitrogen and oxygen atoms in total. The molecule has 2 N–H and O–H groups in total. The molecule has 0 unspecified atom stereocenters. The van der Waals surface area contributed by atoms with Gasteiger partial charge < -0.3 is 10.2 Å². The van der Waals surface area contributed by atoms with Crippen molar-refractivity contribution in [1.82, 2.24) is 0 Å². The zero-order valence-corrected chi connectivity index (χ0v) is 9.37. The first-order valence-electron chi connectivity index (χ1n) is 4.52. The third kappa shape index (κ3) is 4.44. The summed E-state index contributed by atoms with van der Waals surface area (Å²) >= 11 is 0. The van der Waals surface area contributed by atoms with Gasteiger partial charge in [0.1, 0.15) is 0 Å². The highest BCUT2D eigenvalue weighted by atomic mass is 16.4. The van der Waals surface area contributed by atoms with Gasteiger partial charge in [-0.15, -0.1) is 0 Å². The summed E-state index contributed by atoms with van der Waals surface area (Å²) in [6.45, 7) is 6.70. The molecule has 0 atom stereocenters. The van der Waals surface area contributed by atoms with E-state index in [1.165, 1.54) is 19.1 Å². The van der Waals surface area contributed by atoms with Gasteiger partial charge in [0.2, 0.25) is 0 Å². The van der Waals surface area contributed by atoms with Crippen molar-refractivity contribution in [2.75, 3.05) is 0 Å². The van der Waals surface area contributed by atoms with E-state index in [-0.39, 0.29) is 11.1 Å².